The first-order valence-corrected chi connectivity index (χ1v) is 7.37. The zero-order chi connectivity index (χ0) is 13.1. The van der Waals surface area contributed by atoms with E-state index in [-0.39, 0.29) is 5.69 Å². The second-order valence-corrected chi connectivity index (χ2v) is 5.85. The van der Waals surface area contributed by atoms with Crippen molar-refractivity contribution in [2.75, 3.05) is 17.8 Å². The molecule has 17 heavy (non-hydrogen) atoms. The predicted molar refractivity (Wildman–Crippen MR) is 69.6 cm³/mol. The second kappa shape index (κ2) is 5.79. The van der Waals surface area contributed by atoms with E-state index in [9.17, 15) is 12.8 Å². The molecule has 0 heterocycles. The number of anilines is 1. The zero-order valence-corrected chi connectivity index (χ0v) is 12.0. The van der Waals surface area contributed by atoms with E-state index < -0.39 is 16.0 Å². The first-order chi connectivity index (χ1) is 7.90. The summed E-state index contributed by atoms with van der Waals surface area (Å²) in [7, 11) is -3.60. The third-order valence-electron chi connectivity index (χ3n) is 2.21. The zero-order valence-electron chi connectivity index (χ0n) is 9.57. The Morgan fingerprint density at radius 1 is 1.35 bits per heavy atom. The molecule has 0 spiro atoms. The molecule has 0 aliphatic rings. The normalized spacial score (nSPS) is 11.8. The topological polar surface area (TPSA) is 49.4 Å². The SMILES string of the molecule is CCN(CC)S(=O)(=O)Nc1ccc(Br)c(F)c1. The van der Waals surface area contributed by atoms with Crippen LogP contribution in [0.15, 0.2) is 22.7 Å². The van der Waals surface area contributed by atoms with E-state index in [1.807, 2.05) is 0 Å². The lowest BCUT2D eigenvalue weighted by molar-refractivity contribution is 0.449. The highest BCUT2D eigenvalue weighted by molar-refractivity contribution is 9.10. The fourth-order valence-electron chi connectivity index (χ4n) is 1.34. The minimum Gasteiger partial charge on any atom is -0.271 e. The number of nitrogens with one attached hydrogen (secondary N) is 1. The second-order valence-electron chi connectivity index (χ2n) is 3.32. The van der Waals surface area contributed by atoms with Crippen LogP contribution in [-0.4, -0.2) is 25.8 Å². The molecule has 96 valence electrons. The van der Waals surface area contributed by atoms with Crippen LogP contribution in [0.3, 0.4) is 0 Å². The third-order valence-corrected chi connectivity index (χ3v) is 4.54. The fourth-order valence-corrected chi connectivity index (χ4v) is 2.82. The smallest absolute Gasteiger partial charge is 0.271 e. The molecule has 4 nitrogen and oxygen atoms in total. The van der Waals surface area contributed by atoms with Crippen molar-refractivity contribution in [2.24, 2.45) is 0 Å². The Labute approximate surface area is 109 Å². The summed E-state index contributed by atoms with van der Waals surface area (Å²) in [5.74, 6) is -0.509. The van der Waals surface area contributed by atoms with Crippen molar-refractivity contribution < 1.29 is 12.8 Å². The molecule has 0 aliphatic carbocycles. The first-order valence-electron chi connectivity index (χ1n) is 5.13. The molecule has 0 radical (unpaired) electrons. The van der Waals surface area contributed by atoms with Crippen molar-refractivity contribution in [3.63, 3.8) is 0 Å². The molecule has 7 heteroatoms. The summed E-state index contributed by atoms with van der Waals surface area (Å²) in [4.78, 5) is 0. The number of halogens is 2. The van der Waals surface area contributed by atoms with Crippen LogP contribution in [0.4, 0.5) is 10.1 Å². The Morgan fingerprint density at radius 3 is 2.41 bits per heavy atom. The molecular formula is C10H14BrFN2O2S. The van der Waals surface area contributed by atoms with Crippen molar-refractivity contribution in [1.29, 1.82) is 0 Å². The van der Waals surface area contributed by atoms with Crippen LogP contribution in [-0.2, 0) is 10.2 Å². The molecule has 0 saturated carbocycles. The Morgan fingerprint density at radius 2 is 1.94 bits per heavy atom. The van der Waals surface area contributed by atoms with Crippen molar-refractivity contribution >= 4 is 31.8 Å². The summed E-state index contributed by atoms with van der Waals surface area (Å²) in [6.45, 7) is 4.21. The molecule has 0 bridgehead atoms. The Bertz CT molecular complexity index is 489. The summed E-state index contributed by atoms with van der Waals surface area (Å²) in [6.07, 6.45) is 0. The number of rotatable bonds is 5. The van der Waals surface area contributed by atoms with E-state index in [0.29, 0.717) is 17.6 Å². The predicted octanol–water partition coefficient (Wildman–Crippen LogP) is 2.59. The van der Waals surface area contributed by atoms with E-state index in [1.54, 1.807) is 13.8 Å². The van der Waals surface area contributed by atoms with E-state index in [0.717, 1.165) is 6.07 Å². The van der Waals surface area contributed by atoms with Gasteiger partial charge in [0.15, 0.2) is 0 Å². The highest BCUT2D eigenvalue weighted by atomic mass is 79.9. The maximum Gasteiger partial charge on any atom is 0.301 e. The van der Waals surface area contributed by atoms with Gasteiger partial charge in [-0.15, -0.1) is 0 Å². The van der Waals surface area contributed by atoms with Crippen molar-refractivity contribution in [1.82, 2.24) is 4.31 Å². The van der Waals surface area contributed by atoms with Gasteiger partial charge in [-0.25, -0.2) is 4.39 Å². The maximum atomic E-state index is 13.2. The van der Waals surface area contributed by atoms with Gasteiger partial charge in [0.2, 0.25) is 0 Å². The molecule has 0 aliphatic heterocycles. The van der Waals surface area contributed by atoms with Gasteiger partial charge in [0.1, 0.15) is 5.82 Å². The molecule has 0 aromatic heterocycles. The van der Waals surface area contributed by atoms with Crippen molar-refractivity contribution in [3.8, 4) is 0 Å². The van der Waals surface area contributed by atoms with E-state index in [1.165, 1.54) is 16.4 Å². The summed E-state index contributed by atoms with van der Waals surface area (Å²) in [5.41, 5.74) is 0.206. The Balaban J connectivity index is 2.94. The van der Waals surface area contributed by atoms with Gasteiger partial charge in [-0.1, -0.05) is 13.8 Å². The first kappa shape index (κ1) is 14.4. The van der Waals surface area contributed by atoms with E-state index in [4.69, 9.17) is 0 Å². The minimum atomic E-state index is -3.60. The average Bonchev–Trinajstić information content (AvgIpc) is 2.24. The van der Waals surface area contributed by atoms with Crippen LogP contribution in [0.5, 0.6) is 0 Å². The molecular weight excluding hydrogens is 311 g/mol. The van der Waals surface area contributed by atoms with Crippen LogP contribution in [0.1, 0.15) is 13.8 Å². The molecule has 0 unspecified atom stereocenters. The van der Waals surface area contributed by atoms with E-state index in [2.05, 4.69) is 20.7 Å². The highest BCUT2D eigenvalue weighted by Gasteiger charge is 2.18. The fraction of sp³-hybridized carbons (Fsp3) is 0.400. The molecule has 1 aromatic carbocycles. The summed E-state index contributed by atoms with van der Waals surface area (Å²) in [5, 5.41) is 0. The van der Waals surface area contributed by atoms with Crippen LogP contribution < -0.4 is 4.72 Å². The quantitative estimate of drug-likeness (QED) is 0.905. The summed E-state index contributed by atoms with van der Waals surface area (Å²) >= 11 is 3.00. The number of benzene rings is 1. The molecule has 1 rings (SSSR count). The minimum absolute atomic E-state index is 0.206. The lowest BCUT2D eigenvalue weighted by Crippen LogP contribution is -2.35. The Kier molecular flexibility index (Phi) is 4.91. The molecule has 0 fully saturated rings. The van der Waals surface area contributed by atoms with Gasteiger partial charge in [-0.05, 0) is 34.1 Å². The van der Waals surface area contributed by atoms with Crippen LogP contribution in [0.25, 0.3) is 0 Å². The standard InChI is InChI=1S/C10H14BrFN2O2S/c1-3-14(4-2)17(15,16)13-8-5-6-9(11)10(12)7-8/h5-7,13H,3-4H2,1-2H3. The molecule has 1 aromatic rings. The average molecular weight is 325 g/mol. The van der Waals surface area contributed by atoms with Gasteiger partial charge in [0.05, 0.1) is 10.2 Å². The maximum absolute atomic E-state index is 13.2. The van der Waals surface area contributed by atoms with Gasteiger partial charge in [-0.2, -0.15) is 12.7 Å². The van der Waals surface area contributed by atoms with E-state index >= 15 is 0 Å². The van der Waals surface area contributed by atoms with Gasteiger partial charge in [-0.3, -0.25) is 4.72 Å². The molecule has 1 N–H and O–H groups in total. The van der Waals surface area contributed by atoms with Gasteiger partial charge in [0.25, 0.3) is 0 Å². The largest absolute Gasteiger partial charge is 0.301 e. The van der Waals surface area contributed by atoms with Crippen molar-refractivity contribution in [3.05, 3.63) is 28.5 Å². The van der Waals surface area contributed by atoms with Crippen molar-refractivity contribution in [2.45, 2.75) is 13.8 Å². The van der Waals surface area contributed by atoms with Gasteiger partial charge in [0, 0.05) is 13.1 Å². The summed E-state index contributed by atoms with van der Waals surface area (Å²) in [6, 6.07) is 4.08. The number of hydrogen-bond donors (Lipinski definition) is 1. The van der Waals surface area contributed by atoms with Gasteiger partial charge < -0.3 is 0 Å². The van der Waals surface area contributed by atoms with Gasteiger partial charge >= 0.3 is 10.2 Å². The lowest BCUT2D eigenvalue weighted by atomic mass is 10.3. The lowest BCUT2D eigenvalue weighted by Gasteiger charge is -2.19. The number of hydrogen-bond acceptors (Lipinski definition) is 2. The number of nitrogens with zero attached hydrogens (tertiary/aromatic N) is 1. The molecule has 0 atom stereocenters. The molecule has 0 amide bonds. The Hall–Kier alpha value is -0.660. The van der Waals surface area contributed by atoms with Crippen LogP contribution in [0.2, 0.25) is 0 Å². The molecule has 0 saturated heterocycles. The van der Waals surface area contributed by atoms with Crippen LogP contribution >= 0.6 is 15.9 Å². The highest BCUT2D eigenvalue weighted by Crippen LogP contribution is 2.20. The third kappa shape index (κ3) is 3.65. The monoisotopic (exact) mass is 324 g/mol. The van der Waals surface area contributed by atoms with Crippen LogP contribution in [0, 0.1) is 5.82 Å². The summed E-state index contributed by atoms with van der Waals surface area (Å²) < 4.78 is 40.8.